The molecule has 29 heavy (non-hydrogen) atoms. The van der Waals surface area contributed by atoms with Crippen molar-refractivity contribution in [2.45, 2.75) is 39.5 Å². The van der Waals surface area contributed by atoms with Gasteiger partial charge in [0, 0.05) is 5.69 Å². The minimum atomic E-state index is -0.534. The summed E-state index contributed by atoms with van der Waals surface area (Å²) in [5.41, 5.74) is 5.54. The Morgan fingerprint density at radius 2 is 1.62 bits per heavy atom. The molecular formula is C23H26N2O4. The number of nitrogens with one attached hydrogen (secondary N) is 2. The third kappa shape index (κ3) is 5.44. The first-order valence-electron chi connectivity index (χ1n) is 9.85. The number of carbonyl (C=O) groups is 3. The van der Waals surface area contributed by atoms with Crippen LogP contribution in [-0.2, 0) is 27.2 Å². The number of hydrogen-bond donors (Lipinski definition) is 2. The second-order valence-electron chi connectivity index (χ2n) is 7.36. The molecule has 2 aromatic carbocycles. The van der Waals surface area contributed by atoms with Gasteiger partial charge in [0.1, 0.15) is 0 Å². The van der Waals surface area contributed by atoms with Gasteiger partial charge in [0.2, 0.25) is 5.91 Å². The molecule has 0 aromatic heterocycles. The van der Waals surface area contributed by atoms with Gasteiger partial charge in [0.15, 0.2) is 6.61 Å². The van der Waals surface area contributed by atoms with E-state index in [1.54, 1.807) is 6.07 Å². The second kappa shape index (κ2) is 9.37. The summed E-state index contributed by atoms with van der Waals surface area (Å²) in [4.78, 5) is 36.2. The predicted molar refractivity (Wildman–Crippen MR) is 111 cm³/mol. The van der Waals surface area contributed by atoms with Gasteiger partial charge in [0.05, 0.1) is 12.1 Å². The minimum absolute atomic E-state index is 0.191. The summed E-state index contributed by atoms with van der Waals surface area (Å²) >= 11 is 0. The first-order valence-corrected chi connectivity index (χ1v) is 9.85. The highest BCUT2D eigenvalue weighted by Crippen LogP contribution is 2.22. The molecule has 6 nitrogen and oxygen atoms in total. The molecule has 6 heteroatoms. The van der Waals surface area contributed by atoms with E-state index in [0.29, 0.717) is 5.56 Å². The quantitative estimate of drug-likeness (QED) is 0.738. The van der Waals surface area contributed by atoms with Gasteiger partial charge in [-0.1, -0.05) is 24.3 Å². The van der Waals surface area contributed by atoms with Gasteiger partial charge in [-0.05, 0) is 73.9 Å². The summed E-state index contributed by atoms with van der Waals surface area (Å²) in [5.74, 6) is -1.39. The van der Waals surface area contributed by atoms with Gasteiger partial charge in [-0.25, -0.2) is 4.79 Å². The van der Waals surface area contributed by atoms with E-state index in [9.17, 15) is 14.4 Å². The largest absolute Gasteiger partial charge is 0.452 e. The lowest BCUT2D eigenvalue weighted by atomic mass is 9.90. The molecule has 2 aromatic rings. The van der Waals surface area contributed by atoms with E-state index in [4.69, 9.17) is 4.74 Å². The fourth-order valence-corrected chi connectivity index (χ4v) is 3.50. The van der Waals surface area contributed by atoms with E-state index >= 15 is 0 Å². The molecule has 1 aliphatic carbocycles. The average molecular weight is 394 g/mol. The van der Waals surface area contributed by atoms with Crippen LogP contribution in [0.25, 0.3) is 0 Å². The fourth-order valence-electron chi connectivity index (χ4n) is 3.50. The Labute approximate surface area is 170 Å². The van der Waals surface area contributed by atoms with Crippen molar-refractivity contribution in [3.63, 3.8) is 0 Å². The average Bonchev–Trinajstić information content (AvgIpc) is 2.72. The van der Waals surface area contributed by atoms with E-state index < -0.39 is 18.5 Å². The fraction of sp³-hybridized carbons (Fsp3) is 0.348. The Balaban J connectivity index is 1.45. The van der Waals surface area contributed by atoms with Crippen molar-refractivity contribution >= 4 is 23.5 Å². The van der Waals surface area contributed by atoms with Crippen molar-refractivity contribution in [1.82, 2.24) is 5.32 Å². The number of amides is 2. The highest BCUT2D eigenvalue weighted by Gasteiger charge is 2.15. The number of fused-ring (bicyclic) bond motifs is 1. The Hall–Kier alpha value is -3.15. The summed E-state index contributed by atoms with van der Waals surface area (Å²) in [6.07, 6.45) is 4.30. The van der Waals surface area contributed by atoms with Crippen LogP contribution in [0.4, 0.5) is 5.69 Å². The lowest BCUT2D eigenvalue weighted by molar-refractivity contribution is -0.126. The SMILES string of the molecule is Cc1cccc(C)c1NC(=O)CNC(=O)COC(=O)c1ccc2c(c1)CCCC2. The molecule has 0 aliphatic heterocycles. The maximum absolute atomic E-state index is 12.2. The molecule has 0 saturated heterocycles. The topological polar surface area (TPSA) is 84.5 Å². The molecule has 0 spiro atoms. The Morgan fingerprint density at radius 1 is 0.931 bits per heavy atom. The molecule has 1 aliphatic rings. The van der Waals surface area contributed by atoms with Gasteiger partial charge in [0.25, 0.3) is 5.91 Å². The van der Waals surface area contributed by atoms with Crippen LogP contribution in [0, 0.1) is 13.8 Å². The second-order valence-corrected chi connectivity index (χ2v) is 7.36. The van der Waals surface area contributed by atoms with E-state index in [1.807, 2.05) is 44.2 Å². The number of hydrogen-bond acceptors (Lipinski definition) is 4. The van der Waals surface area contributed by atoms with E-state index in [-0.39, 0.29) is 12.5 Å². The molecule has 2 N–H and O–H groups in total. The Kier molecular flexibility index (Phi) is 6.65. The first-order chi connectivity index (χ1) is 13.9. The van der Waals surface area contributed by atoms with Gasteiger partial charge >= 0.3 is 5.97 Å². The molecule has 0 atom stereocenters. The third-order valence-corrected chi connectivity index (χ3v) is 5.11. The summed E-state index contributed by atoms with van der Waals surface area (Å²) in [6, 6.07) is 11.3. The van der Waals surface area contributed by atoms with Gasteiger partial charge < -0.3 is 15.4 Å². The van der Waals surface area contributed by atoms with E-state index in [0.717, 1.165) is 36.1 Å². The van der Waals surface area contributed by atoms with Crippen molar-refractivity contribution < 1.29 is 19.1 Å². The Morgan fingerprint density at radius 3 is 2.34 bits per heavy atom. The van der Waals surface area contributed by atoms with E-state index in [2.05, 4.69) is 10.6 Å². The molecule has 152 valence electrons. The predicted octanol–water partition coefficient (Wildman–Crippen LogP) is 3.09. The van der Waals surface area contributed by atoms with Crippen LogP contribution >= 0.6 is 0 Å². The zero-order valence-corrected chi connectivity index (χ0v) is 16.8. The van der Waals surface area contributed by atoms with Crippen LogP contribution in [-0.4, -0.2) is 30.9 Å². The number of esters is 1. The lowest BCUT2D eigenvalue weighted by Crippen LogP contribution is -2.35. The summed E-state index contributed by atoms with van der Waals surface area (Å²) in [7, 11) is 0. The van der Waals surface area contributed by atoms with Crippen LogP contribution in [0.1, 0.15) is 45.5 Å². The standard InChI is InChI=1S/C23H26N2O4/c1-15-6-5-7-16(2)22(15)25-20(26)13-24-21(27)14-29-23(28)19-11-10-17-8-3-4-9-18(17)12-19/h5-7,10-12H,3-4,8-9,13-14H2,1-2H3,(H,24,27)(H,25,26). The monoisotopic (exact) mass is 394 g/mol. The number of anilines is 1. The number of para-hydroxylation sites is 1. The highest BCUT2D eigenvalue weighted by molar-refractivity contribution is 5.96. The van der Waals surface area contributed by atoms with Crippen molar-refractivity contribution in [1.29, 1.82) is 0 Å². The number of carbonyl (C=O) groups excluding carboxylic acids is 3. The lowest BCUT2D eigenvalue weighted by Gasteiger charge is -2.16. The molecule has 0 heterocycles. The van der Waals surface area contributed by atoms with Crippen molar-refractivity contribution in [2.75, 3.05) is 18.5 Å². The van der Waals surface area contributed by atoms with Crippen molar-refractivity contribution in [3.8, 4) is 0 Å². The maximum Gasteiger partial charge on any atom is 0.338 e. The summed E-state index contributed by atoms with van der Waals surface area (Å²) < 4.78 is 5.09. The van der Waals surface area contributed by atoms with Gasteiger partial charge in [-0.3, -0.25) is 9.59 Å². The minimum Gasteiger partial charge on any atom is -0.452 e. The van der Waals surface area contributed by atoms with Crippen LogP contribution < -0.4 is 10.6 Å². The number of benzene rings is 2. The summed E-state index contributed by atoms with van der Waals surface area (Å²) in [6.45, 7) is 3.19. The summed E-state index contributed by atoms with van der Waals surface area (Å²) in [5, 5.41) is 5.26. The first kappa shape index (κ1) is 20.6. The normalized spacial score (nSPS) is 12.6. The maximum atomic E-state index is 12.2. The third-order valence-electron chi connectivity index (χ3n) is 5.11. The van der Waals surface area contributed by atoms with Crippen LogP contribution in [0.2, 0.25) is 0 Å². The van der Waals surface area contributed by atoms with Gasteiger partial charge in [-0.15, -0.1) is 0 Å². The number of aryl methyl sites for hydroxylation is 4. The molecular weight excluding hydrogens is 368 g/mol. The molecule has 0 bridgehead atoms. The molecule has 0 unspecified atom stereocenters. The molecule has 2 amide bonds. The zero-order valence-electron chi connectivity index (χ0n) is 16.8. The van der Waals surface area contributed by atoms with Crippen LogP contribution in [0.3, 0.4) is 0 Å². The molecule has 0 saturated carbocycles. The molecule has 0 radical (unpaired) electrons. The van der Waals surface area contributed by atoms with Crippen LogP contribution in [0.5, 0.6) is 0 Å². The van der Waals surface area contributed by atoms with Crippen molar-refractivity contribution in [3.05, 3.63) is 64.2 Å². The van der Waals surface area contributed by atoms with Gasteiger partial charge in [-0.2, -0.15) is 0 Å². The van der Waals surface area contributed by atoms with E-state index in [1.165, 1.54) is 17.5 Å². The smallest absolute Gasteiger partial charge is 0.338 e. The van der Waals surface area contributed by atoms with Crippen molar-refractivity contribution in [2.24, 2.45) is 0 Å². The number of ether oxygens (including phenoxy) is 1. The highest BCUT2D eigenvalue weighted by atomic mass is 16.5. The molecule has 0 fully saturated rings. The Bertz CT molecular complexity index is 916. The number of rotatable bonds is 6. The van der Waals surface area contributed by atoms with Crippen LogP contribution in [0.15, 0.2) is 36.4 Å². The zero-order chi connectivity index (χ0) is 20.8. The molecule has 3 rings (SSSR count).